The number of halogens is 1. The zero-order chi connectivity index (χ0) is 30.1. The Morgan fingerprint density at radius 1 is 0.952 bits per heavy atom. The monoisotopic (exact) mass is 599 g/mol. The predicted octanol–water partition coefficient (Wildman–Crippen LogP) is 2.66. The lowest BCUT2D eigenvalue weighted by Crippen LogP contribution is -2.62. The first-order valence-electron chi connectivity index (χ1n) is 12.6. The summed E-state index contributed by atoms with van der Waals surface area (Å²) < 4.78 is 27.6. The summed E-state index contributed by atoms with van der Waals surface area (Å²) in [5.41, 5.74) is 0.173. The third kappa shape index (κ3) is 5.58. The highest BCUT2D eigenvalue weighted by Gasteiger charge is 2.48. The number of methoxy groups -OCH3 is 2. The van der Waals surface area contributed by atoms with Crippen molar-refractivity contribution < 1.29 is 48.6 Å². The van der Waals surface area contributed by atoms with Crippen LogP contribution in [0.3, 0.4) is 0 Å². The molecule has 5 unspecified atom stereocenters. The number of hydrogen-bond donors (Lipinski definition) is 5. The van der Waals surface area contributed by atoms with Crippen molar-refractivity contribution >= 4 is 34.2 Å². The average molecular weight is 600 g/mol. The highest BCUT2D eigenvalue weighted by molar-refractivity contribution is 6.30. The van der Waals surface area contributed by atoms with Crippen LogP contribution in [0.5, 0.6) is 23.0 Å². The number of carbonyl (C=O) groups is 1. The molecule has 12 nitrogen and oxygen atoms in total. The summed E-state index contributed by atoms with van der Waals surface area (Å²) in [5.74, 6) is -1.25. The van der Waals surface area contributed by atoms with Gasteiger partial charge in [-0.25, -0.2) is 0 Å². The number of aromatic hydroxyl groups is 1. The Labute approximate surface area is 243 Å². The van der Waals surface area contributed by atoms with Crippen LogP contribution in [0.2, 0.25) is 5.02 Å². The van der Waals surface area contributed by atoms with Gasteiger partial charge in [0.05, 0.1) is 14.2 Å². The summed E-state index contributed by atoms with van der Waals surface area (Å²) >= 11 is 5.96. The molecule has 1 fully saturated rings. The molecule has 1 saturated heterocycles. The second-order valence-electron chi connectivity index (χ2n) is 9.35. The Morgan fingerprint density at radius 2 is 1.69 bits per heavy atom. The van der Waals surface area contributed by atoms with E-state index < -0.39 is 47.8 Å². The van der Waals surface area contributed by atoms with Crippen molar-refractivity contribution in [1.82, 2.24) is 0 Å². The van der Waals surface area contributed by atoms with Crippen LogP contribution >= 0.6 is 11.6 Å². The fourth-order valence-corrected chi connectivity index (χ4v) is 4.70. The second-order valence-corrected chi connectivity index (χ2v) is 9.78. The fraction of sp³-hybridized carbons (Fsp3) is 0.241. The predicted molar refractivity (Wildman–Crippen MR) is 150 cm³/mol. The van der Waals surface area contributed by atoms with E-state index in [2.05, 4.69) is 5.32 Å². The van der Waals surface area contributed by atoms with E-state index in [9.17, 15) is 30.0 Å². The maximum atomic E-state index is 13.0. The third-order valence-corrected chi connectivity index (χ3v) is 6.89. The number of phenols is 1. The minimum Gasteiger partial charge on any atom is -0.504 e. The summed E-state index contributed by atoms with van der Waals surface area (Å²) in [7, 11) is 2.72. The first-order chi connectivity index (χ1) is 20.1. The second kappa shape index (κ2) is 11.9. The molecule has 0 spiro atoms. The molecule has 5 rings (SSSR count). The number of aliphatic hydroxyl groups excluding tert-OH is 3. The van der Waals surface area contributed by atoms with Gasteiger partial charge in [0.25, 0.3) is 5.91 Å². The molecule has 1 aromatic heterocycles. The van der Waals surface area contributed by atoms with Crippen molar-refractivity contribution in [2.75, 3.05) is 19.5 Å². The Bertz CT molecular complexity index is 1670. The van der Waals surface area contributed by atoms with Gasteiger partial charge in [0.2, 0.25) is 12.0 Å². The minimum atomic E-state index is -1.86. The van der Waals surface area contributed by atoms with E-state index in [0.29, 0.717) is 22.0 Å². The van der Waals surface area contributed by atoms with E-state index in [1.807, 2.05) is 0 Å². The zero-order valence-corrected chi connectivity index (χ0v) is 22.9. The van der Waals surface area contributed by atoms with Crippen LogP contribution in [-0.4, -0.2) is 71.3 Å². The van der Waals surface area contributed by atoms with Crippen LogP contribution in [0.15, 0.2) is 69.9 Å². The zero-order valence-electron chi connectivity index (χ0n) is 22.2. The van der Waals surface area contributed by atoms with Gasteiger partial charge in [-0.3, -0.25) is 9.59 Å². The molecule has 1 amide bonds. The quantitative estimate of drug-likeness (QED) is 0.211. The number of ether oxygens (including phenoxy) is 4. The van der Waals surface area contributed by atoms with Gasteiger partial charge in [-0.15, -0.1) is 0 Å². The maximum Gasteiger partial charge on any atom is 0.256 e. The number of rotatable bonds is 7. The molecular weight excluding hydrogens is 574 g/mol. The van der Waals surface area contributed by atoms with Crippen molar-refractivity contribution in [3.63, 3.8) is 0 Å². The molecule has 5 atom stereocenters. The normalized spacial score (nSPS) is 22.0. The Balaban J connectivity index is 1.48. The van der Waals surface area contributed by atoms with E-state index in [4.69, 9.17) is 35.0 Å². The fourth-order valence-electron chi connectivity index (χ4n) is 4.51. The Kier molecular flexibility index (Phi) is 8.25. The SMILES string of the molecule is COc1ccc(-c2cc(=O)c3c(O)c(OC)c(OC4OC(C(=O)Nc5cccc(Cl)c5)C(O)C(O)C4O)cc3o2)cc1. The molecule has 220 valence electrons. The average Bonchev–Trinajstić information content (AvgIpc) is 2.97. The number of amides is 1. The standard InChI is InChI=1S/C29H26ClNO11/c1-38-16-8-6-13(7-9-16)18-11-17(32)21-19(40-18)12-20(26(39-2)22(21)33)41-29-25(36)23(34)24(35)27(42-29)28(37)31-15-5-3-4-14(30)10-15/h3-12,23-25,27,29,33-36H,1-2H3,(H,31,37). The third-order valence-electron chi connectivity index (χ3n) is 6.65. The molecule has 2 heterocycles. The molecule has 0 saturated carbocycles. The number of aliphatic hydroxyl groups is 3. The summed E-state index contributed by atoms with van der Waals surface area (Å²) in [5, 5.41) is 45.2. The van der Waals surface area contributed by atoms with Crippen molar-refractivity contribution in [1.29, 1.82) is 0 Å². The number of phenolic OH excluding ortho intramolecular Hbond substituents is 1. The maximum absolute atomic E-state index is 13.0. The van der Waals surface area contributed by atoms with Crippen LogP contribution in [-0.2, 0) is 9.53 Å². The molecule has 0 bridgehead atoms. The lowest BCUT2D eigenvalue weighted by Gasteiger charge is -2.39. The molecule has 1 aliphatic rings. The Morgan fingerprint density at radius 3 is 2.36 bits per heavy atom. The van der Waals surface area contributed by atoms with Crippen LogP contribution < -0.4 is 25.0 Å². The van der Waals surface area contributed by atoms with E-state index >= 15 is 0 Å². The van der Waals surface area contributed by atoms with Gasteiger partial charge in [0.1, 0.15) is 40.8 Å². The summed E-state index contributed by atoms with van der Waals surface area (Å²) in [4.78, 5) is 25.9. The topological polar surface area (TPSA) is 177 Å². The van der Waals surface area contributed by atoms with Crippen LogP contribution in [0.25, 0.3) is 22.3 Å². The van der Waals surface area contributed by atoms with Crippen molar-refractivity contribution in [2.24, 2.45) is 0 Å². The molecule has 4 aromatic rings. The van der Waals surface area contributed by atoms with Gasteiger partial charge in [0.15, 0.2) is 23.0 Å². The van der Waals surface area contributed by atoms with Crippen LogP contribution in [0.1, 0.15) is 0 Å². The van der Waals surface area contributed by atoms with Gasteiger partial charge in [0, 0.05) is 28.4 Å². The highest BCUT2D eigenvalue weighted by atomic mass is 35.5. The molecule has 5 N–H and O–H groups in total. The van der Waals surface area contributed by atoms with Gasteiger partial charge >= 0.3 is 0 Å². The summed E-state index contributed by atoms with van der Waals surface area (Å²) in [6, 6.07) is 15.4. The number of benzene rings is 3. The van der Waals surface area contributed by atoms with E-state index in [0.717, 1.165) is 0 Å². The summed E-state index contributed by atoms with van der Waals surface area (Å²) in [6.45, 7) is 0. The Hall–Kier alpha value is -4.33. The molecule has 0 aliphatic carbocycles. The number of hydrogen-bond acceptors (Lipinski definition) is 11. The minimum absolute atomic E-state index is 0.0947. The lowest BCUT2D eigenvalue weighted by molar-refractivity contribution is -0.265. The summed E-state index contributed by atoms with van der Waals surface area (Å²) in [6.07, 6.45) is -8.95. The largest absolute Gasteiger partial charge is 0.504 e. The number of anilines is 1. The van der Waals surface area contributed by atoms with E-state index in [-0.39, 0.29) is 28.2 Å². The number of carbonyl (C=O) groups excluding carboxylic acids is 1. The van der Waals surface area contributed by atoms with Gasteiger partial charge in [-0.2, -0.15) is 0 Å². The molecule has 13 heteroatoms. The number of fused-ring (bicyclic) bond motifs is 1. The smallest absolute Gasteiger partial charge is 0.256 e. The first kappa shape index (κ1) is 29.2. The molecule has 1 aliphatic heterocycles. The van der Waals surface area contributed by atoms with Crippen LogP contribution in [0, 0.1) is 0 Å². The van der Waals surface area contributed by atoms with Crippen LogP contribution in [0.4, 0.5) is 5.69 Å². The van der Waals surface area contributed by atoms with Gasteiger partial charge < -0.3 is 49.1 Å². The van der Waals surface area contributed by atoms with Crippen molar-refractivity contribution in [2.45, 2.75) is 30.7 Å². The van der Waals surface area contributed by atoms with Crippen molar-refractivity contribution in [3.8, 4) is 34.3 Å². The van der Waals surface area contributed by atoms with Gasteiger partial charge in [-0.1, -0.05) is 17.7 Å². The molecule has 42 heavy (non-hydrogen) atoms. The highest BCUT2D eigenvalue weighted by Crippen LogP contribution is 2.43. The molecule has 0 radical (unpaired) electrons. The first-order valence-corrected chi connectivity index (χ1v) is 12.9. The molecule has 3 aromatic carbocycles. The van der Waals surface area contributed by atoms with E-state index in [1.54, 1.807) is 42.5 Å². The molecular formula is C29H26ClNO11. The van der Waals surface area contributed by atoms with Gasteiger partial charge in [-0.05, 0) is 42.5 Å². The number of nitrogens with one attached hydrogen (secondary N) is 1. The van der Waals surface area contributed by atoms with Crippen molar-refractivity contribution in [3.05, 3.63) is 75.9 Å². The lowest BCUT2D eigenvalue weighted by atomic mass is 9.98. The van der Waals surface area contributed by atoms with E-state index in [1.165, 1.54) is 32.4 Å².